The molecule has 0 aromatic heterocycles. The molecule has 10 heavy (non-hydrogen) atoms. The van der Waals surface area contributed by atoms with E-state index in [9.17, 15) is 0 Å². The number of halogens is 1. The zero-order chi connectivity index (χ0) is 7.72. The van der Waals surface area contributed by atoms with E-state index in [2.05, 4.69) is 0 Å². The average Bonchev–Trinajstić information content (AvgIpc) is 1.84. The summed E-state index contributed by atoms with van der Waals surface area (Å²) < 4.78 is 0. The van der Waals surface area contributed by atoms with Gasteiger partial charge in [-0.2, -0.15) is 0 Å². The van der Waals surface area contributed by atoms with Crippen molar-refractivity contribution in [2.75, 3.05) is 5.73 Å². The highest BCUT2D eigenvalue weighted by atomic mass is 35.5. The summed E-state index contributed by atoms with van der Waals surface area (Å²) in [4.78, 5) is 0. The summed E-state index contributed by atoms with van der Waals surface area (Å²) in [6.45, 7) is 1.76. The molecule has 0 bridgehead atoms. The molecule has 0 saturated carbocycles. The number of aromatic hydroxyl groups is 1. The Hall–Kier alpha value is -0.890. The fourth-order valence-corrected chi connectivity index (χ4v) is 0.896. The molecule has 0 saturated heterocycles. The van der Waals surface area contributed by atoms with Crippen LogP contribution in [0.15, 0.2) is 12.1 Å². The zero-order valence-corrected chi connectivity index (χ0v) is 6.31. The predicted octanol–water partition coefficient (Wildman–Crippen LogP) is 1.94. The Labute approximate surface area is 64.2 Å². The van der Waals surface area contributed by atoms with Crippen LogP contribution >= 0.6 is 11.6 Å². The lowest BCUT2D eigenvalue weighted by molar-refractivity contribution is 0.471. The van der Waals surface area contributed by atoms with Crippen molar-refractivity contribution in [1.29, 1.82) is 0 Å². The van der Waals surface area contributed by atoms with Gasteiger partial charge < -0.3 is 10.8 Å². The molecule has 1 aromatic carbocycles. The van der Waals surface area contributed by atoms with Crippen molar-refractivity contribution in [2.45, 2.75) is 6.92 Å². The predicted molar refractivity (Wildman–Crippen MR) is 42.3 cm³/mol. The molecule has 0 fully saturated rings. The van der Waals surface area contributed by atoms with Gasteiger partial charge in [0, 0.05) is 6.07 Å². The Bertz CT molecular complexity index is 210. The SMILES string of the molecule is Cc1cc(Cl)c(N)cc1O. The molecule has 0 aliphatic rings. The summed E-state index contributed by atoms with van der Waals surface area (Å²) in [5.74, 6) is 0.182. The number of benzene rings is 1. The van der Waals surface area contributed by atoms with Gasteiger partial charge in [0.15, 0.2) is 0 Å². The maximum absolute atomic E-state index is 9.09. The van der Waals surface area contributed by atoms with Crippen LogP contribution in [-0.2, 0) is 0 Å². The van der Waals surface area contributed by atoms with Crippen LogP contribution in [0.2, 0.25) is 5.02 Å². The van der Waals surface area contributed by atoms with E-state index in [1.807, 2.05) is 0 Å². The molecule has 2 nitrogen and oxygen atoms in total. The van der Waals surface area contributed by atoms with E-state index in [-0.39, 0.29) is 5.75 Å². The number of anilines is 1. The molecule has 1 aromatic rings. The third-order valence-electron chi connectivity index (χ3n) is 1.32. The zero-order valence-electron chi connectivity index (χ0n) is 5.56. The molecule has 3 N–H and O–H groups in total. The third kappa shape index (κ3) is 1.16. The van der Waals surface area contributed by atoms with E-state index < -0.39 is 0 Å². The first kappa shape index (κ1) is 7.22. The highest BCUT2D eigenvalue weighted by Gasteiger charge is 1.99. The molecule has 0 unspecified atom stereocenters. The van der Waals surface area contributed by atoms with E-state index in [1.165, 1.54) is 6.07 Å². The van der Waals surface area contributed by atoms with Crippen molar-refractivity contribution in [3.8, 4) is 5.75 Å². The molecule has 0 radical (unpaired) electrons. The fourth-order valence-electron chi connectivity index (χ4n) is 0.677. The summed E-state index contributed by atoms with van der Waals surface area (Å²) in [5.41, 5.74) is 6.54. The number of aryl methyl sites for hydroxylation is 1. The number of hydrogen-bond donors (Lipinski definition) is 2. The van der Waals surface area contributed by atoms with Gasteiger partial charge in [-0.15, -0.1) is 0 Å². The minimum Gasteiger partial charge on any atom is -0.508 e. The van der Waals surface area contributed by atoms with Crippen LogP contribution in [0.1, 0.15) is 5.56 Å². The van der Waals surface area contributed by atoms with Gasteiger partial charge in [-0.1, -0.05) is 11.6 Å². The summed E-state index contributed by atoms with van der Waals surface area (Å²) in [6.07, 6.45) is 0. The lowest BCUT2D eigenvalue weighted by Crippen LogP contribution is -1.86. The van der Waals surface area contributed by atoms with Crippen LogP contribution in [0.4, 0.5) is 5.69 Å². The second kappa shape index (κ2) is 2.39. The van der Waals surface area contributed by atoms with Crippen molar-refractivity contribution in [2.24, 2.45) is 0 Å². The van der Waals surface area contributed by atoms with Crippen molar-refractivity contribution in [3.63, 3.8) is 0 Å². The van der Waals surface area contributed by atoms with Crippen LogP contribution < -0.4 is 5.73 Å². The van der Waals surface area contributed by atoms with Crippen molar-refractivity contribution >= 4 is 17.3 Å². The van der Waals surface area contributed by atoms with Gasteiger partial charge in [0.05, 0.1) is 10.7 Å². The molecule has 1 rings (SSSR count). The van der Waals surface area contributed by atoms with E-state index in [4.69, 9.17) is 22.4 Å². The van der Waals surface area contributed by atoms with Crippen LogP contribution in [-0.4, -0.2) is 5.11 Å². The monoisotopic (exact) mass is 157 g/mol. The lowest BCUT2D eigenvalue weighted by Gasteiger charge is -2.01. The number of phenols is 1. The maximum atomic E-state index is 9.09. The molecule has 0 spiro atoms. The minimum absolute atomic E-state index is 0.182. The first-order chi connectivity index (χ1) is 4.61. The van der Waals surface area contributed by atoms with Crippen LogP contribution in [0, 0.1) is 6.92 Å². The second-order valence-corrected chi connectivity index (χ2v) is 2.57. The highest BCUT2D eigenvalue weighted by Crippen LogP contribution is 2.26. The van der Waals surface area contributed by atoms with Crippen LogP contribution in [0.5, 0.6) is 5.75 Å². The van der Waals surface area contributed by atoms with E-state index >= 15 is 0 Å². The highest BCUT2D eigenvalue weighted by molar-refractivity contribution is 6.33. The Kier molecular flexibility index (Phi) is 1.72. The summed E-state index contributed by atoms with van der Waals surface area (Å²) in [5, 5.41) is 9.57. The van der Waals surface area contributed by atoms with Gasteiger partial charge in [0.25, 0.3) is 0 Å². The molecule has 0 aliphatic carbocycles. The number of nitrogen functional groups attached to an aromatic ring is 1. The topological polar surface area (TPSA) is 46.2 Å². The first-order valence-corrected chi connectivity index (χ1v) is 3.23. The molecule has 0 heterocycles. The molecule has 0 amide bonds. The second-order valence-electron chi connectivity index (χ2n) is 2.16. The van der Waals surface area contributed by atoms with Gasteiger partial charge >= 0.3 is 0 Å². The first-order valence-electron chi connectivity index (χ1n) is 2.86. The Morgan fingerprint density at radius 2 is 2.10 bits per heavy atom. The van der Waals surface area contributed by atoms with Gasteiger partial charge in [-0.05, 0) is 18.6 Å². The van der Waals surface area contributed by atoms with Crippen LogP contribution in [0.3, 0.4) is 0 Å². The number of nitrogens with two attached hydrogens (primary N) is 1. The van der Waals surface area contributed by atoms with Gasteiger partial charge in [-0.25, -0.2) is 0 Å². The van der Waals surface area contributed by atoms with E-state index in [1.54, 1.807) is 13.0 Å². The molecule has 3 heteroatoms. The molecule has 0 aliphatic heterocycles. The largest absolute Gasteiger partial charge is 0.508 e. The molecular formula is C7H8ClNO. The standard InChI is InChI=1S/C7H8ClNO/c1-4-2-5(8)6(9)3-7(4)10/h2-3,10H,9H2,1H3. The average molecular weight is 158 g/mol. The number of hydrogen-bond acceptors (Lipinski definition) is 2. The Balaban J connectivity index is 3.28. The minimum atomic E-state index is 0.182. The Morgan fingerprint density at radius 1 is 1.50 bits per heavy atom. The van der Waals surface area contributed by atoms with Crippen molar-refractivity contribution in [3.05, 3.63) is 22.7 Å². The molecule has 54 valence electrons. The number of rotatable bonds is 0. The van der Waals surface area contributed by atoms with Crippen molar-refractivity contribution in [1.82, 2.24) is 0 Å². The maximum Gasteiger partial charge on any atom is 0.120 e. The summed E-state index contributed by atoms with van der Waals surface area (Å²) >= 11 is 5.65. The summed E-state index contributed by atoms with van der Waals surface area (Å²) in [6, 6.07) is 3.07. The van der Waals surface area contributed by atoms with Gasteiger partial charge in [0.2, 0.25) is 0 Å². The Morgan fingerprint density at radius 3 is 2.60 bits per heavy atom. The molecule has 0 atom stereocenters. The summed E-state index contributed by atoms with van der Waals surface area (Å²) in [7, 11) is 0. The smallest absolute Gasteiger partial charge is 0.120 e. The number of phenolic OH excluding ortho intramolecular Hbond substituents is 1. The van der Waals surface area contributed by atoms with E-state index in [0.29, 0.717) is 10.7 Å². The fraction of sp³-hybridized carbons (Fsp3) is 0.143. The van der Waals surface area contributed by atoms with Gasteiger partial charge in [0.1, 0.15) is 5.75 Å². The van der Waals surface area contributed by atoms with Gasteiger partial charge in [-0.3, -0.25) is 0 Å². The van der Waals surface area contributed by atoms with E-state index in [0.717, 1.165) is 5.56 Å². The molecular weight excluding hydrogens is 150 g/mol. The van der Waals surface area contributed by atoms with Crippen molar-refractivity contribution < 1.29 is 5.11 Å². The quantitative estimate of drug-likeness (QED) is 0.566. The third-order valence-corrected chi connectivity index (χ3v) is 1.64. The normalized spacial score (nSPS) is 9.80. The van der Waals surface area contributed by atoms with Crippen LogP contribution in [0.25, 0.3) is 0 Å². The lowest BCUT2D eigenvalue weighted by atomic mass is 10.2.